The second kappa shape index (κ2) is 19.8. The first-order valence-corrected chi connectivity index (χ1v) is 28.9. The summed E-state index contributed by atoms with van der Waals surface area (Å²) in [7, 11) is 0. The first-order chi connectivity index (χ1) is 40.9. The molecule has 0 fully saturated rings. The molecule has 0 bridgehead atoms. The van der Waals surface area contributed by atoms with E-state index in [2.05, 4.69) is 328 Å². The van der Waals surface area contributed by atoms with Crippen molar-refractivity contribution in [3.05, 3.63) is 365 Å². The maximum atomic E-state index is 4.37. The minimum Gasteiger partial charge on any atom is -0.314 e. The molecule has 0 unspecified atom stereocenters. The molecule has 83 heavy (non-hydrogen) atoms. The molecule has 15 rings (SSSR count). The van der Waals surface area contributed by atoms with Crippen LogP contribution < -0.4 is 9.80 Å². The molecule has 2 nitrogen and oxygen atoms in total. The van der Waals surface area contributed by atoms with E-state index in [9.17, 15) is 0 Å². The Labute approximate surface area is 486 Å². The predicted molar refractivity (Wildman–Crippen MR) is 350 cm³/mol. The molecule has 394 valence electrons. The van der Waals surface area contributed by atoms with Gasteiger partial charge in [-0.05, 0) is 175 Å². The van der Waals surface area contributed by atoms with E-state index in [0.717, 1.165) is 39.7 Å². The number of rotatable bonds is 12. The van der Waals surface area contributed by atoms with E-state index in [1.54, 1.807) is 0 Å². The number of anilines is 5. The lowest BCUT2D eigenvalue weighted by Gasteiger charge is -2.36. The van der Waals surface area contributed by atoms with Crippen molar-refractivity contribution in [2.75, 3.05) is 9.80 Å². The fraction of sp³-hybridized carbons (Fsp3) is 0.0617. The summed E-state index contributed by atoms with van der Waals surface area (Å²) in [5.41, 5.74) is 22.9. The number of nitrogens with zero attached hydrogens (tertiary/aromatic N) is 2. The molecule has 2 aliphatic carbocycles. The minimum absolute atomic E-state index is 0.548. The quantitative estimate of drug-likeness (QED) is 0.0889. The lowest BCUT2D eigenvalue weighted by molar-refractivity contribution is 0.764. The van der Waals surface area contributed by atoms with Crippen molar-refractivity contribution in [3.8, 4) is 22.3 Å². The molecule has 2 aliphatic rings. The number of allylic oxidation sites excluding steroid dienone is 5. The molecule has 0 atom stereocenters. The fourth-order valence-electron chi connectivity index (χ4n) is 14.7. The average Bonchev–Trinajstić information content (AvgIpc) is 2.57. The van der Waals surface area contributed by atoms with Gasteiger partial charge in [0.1, 0.15) is 0 Å². The van der Waals surface area contributed by atoms with E-state index in [0.29, 0.717) is 0 Å². The minimum atomic E-state index is -0.613. The van der Waals surface area contributed by atoms with Gasteiger partial charge in [-0.1, -0.05) is 249 Å². The Morgan fingerprint density at radius 3 is 1.39 bits per heavy atom. The van der Waals surface area contributed by atoms with Crippen LogP contribution in [0.25, 0.3) is 54.6 Å². The summed E-state index contributed by atoms with van der Waals surface area (Å²) < 4.78 is 0. The van der Waals surface area contributed by atoms with Gasteiger partial charge in [0.2, 0.25) is 0 Å². The summed E-state index contributed by atoms with van der Waals surface area (Å²) in [6.07, 6.45) is 6.62. The van der Waals surface area contributed by atoms with Gasteiger partial charge in [-0.3, -0.25) is 0 Å². The molecule has 0 heterocycles. The molecule has 0 radical (unpaired) electrons. The fourth-order valence-corrected chi connectivity index (χ4v) is 14.7. The van der Waals surface area contributed by atoms with Crippen LogP contribution in [0.5, 0.6) is 0 Å². The zero-order valence-electron chi connectivity index (χ0n) is 46.9. The Morgan fingerprint density at radius 2 is 0.819 bits per heavy atom. The number of hydrogen-bond acceptors (Lipinski definition) is 2. The third-order valence-electron chi connectivity index (χ3n) is 17.9. The third-order valence-corrected chi connectivity index (χ3v) is 17.9. The first-order valence-electron chi connectivity index (χ1n) is 28.9. The summed E-state index contributed by atoms with van der Waals surface area (Å²) in [5.74, 6) is 0. The molecule has 0 aromatic heterocycles. The number of hydrogen-bond donors (Lipinski definition) is 0. The molecular formula is C81H60N2. The zero-order chi connectivity index (χ0) is 55.8. The lowest BCUT2D eigenvalue weighted by Crippen LogP contribution is -2.29. The Balaban J connectivity index is 0.940. The predicted octanol–water partition coefficient (Wildman–Crippen LogP) is 21.2. The second-order valence-corrected chi connectivity index (χ2v) is 22.5. The van der Waals surface area contributed by atoms with Crippen LogP contribution in [0.3, 0.4) is 0 Å². The number of fused-ring (bicyclic) bond motifs is 6. The van der Waals surface area contributed by atoms with Gasteiger partial charge in [0, 0.05) is 33.5 Å². The second-order valence-electron chi connectivity index (χ2n) is 22.5. The van der Waals surface area contributed by atoms with Crippen LogP contribution in [0.1, 0.15) is 57.0 Å². The van der Waals surface area contributed by atoms with Crippen molar-refractivity contribution in [2.45, 2.75) is 31.6 Å². The summed E-state index contributed by atoms with van der Waals surface area (Å²) in [6, 6.07) is 104. The van der Waals surface area contributed by atoms with Gasteiger partial charge in [0.05, 0.1) is 22.2 Å². The molecule has 0 N–H and O–H groups in total. The molecule has 2 heteroatoms. The van der Waals surface area contributed by atoms with Crippen molar-refractivity contribution in [2.24, 2.45) is 0 Å². The Kier molecular flexibility index (Phi) is 11.8. The highest BCUT2D eigenvalue weighted by molar-refractivity contribution is 6.28. The maximum Gasteiger partial charge on any atom is 0.0714 e. The van der Waals surface area contributed by atoms with E-state index in [-0.39, 0.29) is 0 Å². The van der Waals surface area contributed by atoms with Gasteiger partial charge >= 0.3 is 0 Å². The summed E-state index contributed by atoms with van der Waals surface area (Å²) >= 11 is 0. The van der Waals surface area contributed by atoms with Crippen molar-refractivity contribution in [1.82, 2.24) is 0 Å². The van der Waals surface area contributed by atoms with Crippen LogP contribution in [-0.2, 0) is 10.8 Å². The molecule has 0 saturated carbocycles. The molecule has 0 spiro atoms. The monoisotopic (exact) mass is 1060 g/mol. The van der Waals surface area contributed by atoms with Crippen molar-refractivity contribution < 1.29 is 0 Å². The van der Waals surface area contributed by atoms with Gasteiger partial charge in [-0.15, -0.1) is 0 Å². The highest BCUT2D eigenvalue weighted by Crippen LogP contribution is 2.59. The van der Waals surface area contributed by atoms with Crippen LogP contribution in [0.15, 0.2) is 315 Å². The number of benzene rings is 13. The SMILES string of the molecule is C=C/C=C(\C=C(/C)N(c1cccc(C)c1)c1ccc2ccc3c(N(c4cccc(C)c4)c4cccc(C5(c6ccccc6)c6ccccc6-c6ccccc65)c4)ccc4ccc1c2c43)C1(c2ccccc2)c2ccccc2-c2ccccc21. The van der Waals surface area contributed by atoms with Crippen LogP contribution in [0.4, 0.5) is 28.4 Å². The molecule has 0 aliphatic heterocycles. The molecule has 0 amide bonds. The van der Waals surface area contributed by atoms with Gasteiger partial charge in [0.25, 0.3) is 0 Å². The van der Waals surface area contributed by atoms with E-state index < -0.39 is 10.8 Å². The molecular weight excluding hydrogens is 1000 g/mol. The number of aryl methyl sites for hydroxylation is 2. The van der Waals surface area contributed by atoms with Gasteiger partial charge in [0.15, 0.2) is 0 Å². The lowest BCUT2D eigenvalue weighted by atomic mass is 9.67. The summed E-state index contributed by atoms with van der Waals surface area (Å²) in [4.78, 5) is 4.98. The van der Waals surface area contributed by atoms with E-state index in [4.69, 9.17) is 0 Å². The van der Waals surface area contributed by atoms with Crippen LogP contribution in [0.2, 0.25) is 0 Å². The van der Waals surface area contributed by atoms with E-state index in [1.807, 2.05) is 6.08 Å². The normalized spacial score (nSPS) is 13.9. The highest BCUT2D eigenvalue weighted by atomic mass is 15.2. The zero-order valence-corrected chi connectivity index (χ0v) is 46.9. The van der Waals surface area contributed by atoms with E-state index in [1.165, 1.54) is 105 Å². The van der Waals surface area contributed by atoms with Gasteiger partial charge in [-0.25, -0.2) is 0 Å². The van der Waals surface area contributed by atoms with Crippen LogP contribution in [-0.4, -0.2) is 0 Å². The Bertz CT molecular complexity index is 4660. The third kappa shape index (κ3) is 7.56. The first kappa shape index (κ1) is 49.7. The summed E-state index contributed by atoms with van der Waals surface area (Å²) in [6.45, 7) is 11.0. The molecule has 13 aromatic carbocycles. The van der Waals surface area contributed by atoms with Crippen LogP contribution in [0, 0.1) is 13.8 Å². The van der Waals surface area contributed by atoms with Gasteiger partial charge < -0.3 is 9.80 Å². The van der Waals surface area contributed by atoms with Gasteiger partial charge in [-0.2, -0.15) is 0 Å². The standard InChI is InChI=1S/C81H60N2/c1-5-23-61(80(59-26-8-6-9-27-59)72-38-16-12-34-66(72)67-35-13-17-39-73(67)80)52-56(4)82(63-31-20-24-54(2)50-63)76-48-44-57-43-47-71-77(49-45-58-42-46-70(76)78(57)79(58)71)83(64-32-21-25-55(3)51-64)65-33-22-30-62(53-65)81(60-28-10-7-11-29-60)74-40-18-14-36-68(74)69-37-15-19-41-75(69)81/h5-53H,1H2,2-4H3/b56-52+,61-23+. The Morgan fingerprint density at radius 1 is 0.386 bits per heavy atom. The molecule has 0 saturated heterocycles. The smallest absolute Gasteiger partial charge is 0.0714 e. The molecule has 13 aromatic rings. The van der Waals surface area contributed by atoms with Crippen LogP contribution >= 0.6 is 0 Å². The topological polar surface area (TPSA) is 6.48 Å². The van der Waals surface area contributed by atoms with Crippen molar-refractivity contribution >= 4 is 60.8 Å². The Hall–Kier alpha value is -10.3. The van der Waals surface area contributed by atoms with Crippen molar-refractivity contribution in [3.63, 3.8) is 0 Å². The highest BCUT2D eigenvalue weighted by Gasteiger charge is 2.48. The largest absolute Gasteiger partial charge is 0.314 e. The maximum absolute atomic E-state index is 4.37. The summed E-state index contributed by atoms with van der Waals surface area (Å²) in [5, 5.41) is 7.26. The average molecular weight is 1060 g/mol. The van der Waals surface area contributed by atoms with E-state index >= 15 is 0 Å². The van der Waals surface area contributed by atoms with Crippen molar-refractivity contribution in [1.29, 1.82) is 0 Å².